The van der Waals surface area contributed by atoms with Crippen molar-refractivity contribution in [2.45, 2.75) is 51.2 Å². The van der Waals surface area contributed by atoms with Crippen molar-refractivity contribution in [1.29, 1.82) is 0 Å². The number of anilines is 1. The summed E-state index contributed by atoms with van der Waals surface area (Å²) in [6.45, 7) is 6.37. The molecule has 1 atom stereocenters. The molecule has 2 aliphatic heterocycles. The first-order chi connectivity index (χ1) is 19.5. The Balaban J connectivity index is 1.18. The fourth-order valence-electron chi connectivity index (χ4n) is 5.03. The molecule has 1 saturated heterocycles. The van der Waals surface area contributed by atoms with Crippen LogP contribution < -0.4 is 5.32 Å². The Labute approximate surface area is 232 Å². The van der Waals surface area contributed by atoms with Crippen LogP contribution in [0, 0.1) is 0 Å². The number of hydrogen-bond acceptors (Lipinski definition) is 9. The highest BCUT2D eigenvalue weighted by atomic mass is 19.3. The number of carbonyl (C=O) groups is 2. The average Bonchev–Trinajstić information content (AvgIpc) is 3.71. The molecule has 0 radical (unpaired) electrons. The third-order valence-electron chi connectivity index (χ3n) is 7.00. The molecule has 41 heavy (non-hydrogen) atoms. The Bertz CT molecular complexity index is 1630. The Hall–Kier alpha value is -4.75. The Morgan fingerprint density at radius 3 is 2.68 bits per heavy atom. The molecule has 0 bridgehead atoms. The number of amides is 2. The summed E-state index contributed by atoms with van der Waals surface area (Å²) in [5.74, 6) is -0.925. The predicted octanol–water partition coefficient (Wildman–Crippen LogP) is 4.21. The van der Waals surface area contributed by atoms with Crippen molar-refractivity contribution in [2.24, 2.45) is 0 Å². The second-order valence-electron chi connectivity index (χ2n) is 11.0. The standard InChI is InChI=1S/C27H26F2N8O4/c1-26(2,3)41-25(39)36-9-8-27(14-36)18-10-15(5-7-19(18)31-24(27)38)20-13-37(35-32-20)12-17-6-4-16(11-30-17)22-33-34-23(40-22)21(28)29/h4-7,10-11,13,21H,8-9,12,14H2,1-3H3,(H,31,38). The van der Waals surface area contributed by atoms with Crippen LogP contribution in [0.15, 0.2) is 47.1 Å². The number of carbonyl (C=O) groups excluding carboxylic acids is 2. The third-order valence-corrected chi connectivity index (χ3v) is 7.00. The van der Waals surface area contributed by atoms with Crippen LogP contribution in [0.5, 0.6) is 0 Å². The number of pyridine rings is 1. The number of halogens is 2. The van der Waals surface area contributed by atoms with E-state index in [2.05, 4.69) is 30.8 Å². The van der Waals surface area contributed by atoms with Crippen LogP contribution in [0.2, 0.25) is 0 Å². The molecule has 0 saturated carbocycles. The summed E-state index contributed by atoms with van der Waals surface area (Å²) < 4.78 is 37.5. The van der Waals surface area contributed by atoms with Crippen molar-refractivity contribution >= 4 is 17.7 Å². The van der Waals surface area contributed by atoms with Gasteiger partial charge in [-0.05, 0) is 57.0 Å². The zero-order valence-corrected chi connectivity index (χ0v) is 22.5. The SMILES string of the molecule is CC(C)(C)OC(=O)N1CCC2(C1)C(=O)Nc1ccc(-c3cn(Cc4ccc(-c5nnc(C(F)F)o5)cn4)nn3)cc12. The fraction of sp³-hybridized carbons (Fsp3) is 0.370. The maximum Gasteiger partial charge on any atom is 0.410 e. The molecule has 1 aromatic carbocycles. The van der Waals surface area contributed by atoms with Crippen LogP contribution in [0.25, 0.3) is 22.7 Å². The number of ether oxygens (including phenoxy) is 1. The molecule has 1 fully saturated rings. The number of fused-ring (bicyclic) bond motifs is 2. The number of alkyl halides is 2. The Morgan fingerprint density at radius 1 is 1.17 bits per heavy atom. The van der Waals surface area contributed by atoms with Crippen molar-refractivity contribution in [3.63, 3.8) is 0 Å². The van der Waals surface area contributed by atoms with Crippen LogP contribution in [-0.4, -0.2) is 65.8 Å². The number of rotatable bonds is 5. The van der Waals surface area contributed by atoms with E-state index in [4.69, 9.17) is 9.15 Å². The van der Waals surface area contributed by atoms with Gasteiger partial charge in [0.05, 0.1) is 29.4 Å². The molecule has 212 valence electrons. The molecule has 1 unspecified atom stereocenters. The van der Waals surface area contributed by atoms with Crippen LogP contribution >= 0.6 is 0 Å². The molecular formula is C27H26F2N8O4. The van der Waals surface area contributed by atoms with Crippen molar-refractivity contribution < 1.29 is 27.5 Å². The molecular weight excluding hydrogens is 538 g/mol. The van der Waals surface area contributed by atoms with Gasteiger partial charge in [0, 0.05) is 30.5 Å². The minimum absolute atomic E-state index is 0.0405. The van der Waals surface area contributed by atoms with Gasteiger partial charge in [0.2, 0.25) is 11.8 Å². The first-order valence-electron chi connectivity index (χ1n) is 12.9. The Morgan fingerprint density at radius 2 is 1.98 bits per heavy atom. The molecule has 2 amide bonds. The highest BCUT2D eigenvalue weighted by Crippen LogP contribution is 2.45. The average molecular weight is 565 g/mol. The third kappa shape index (κ3) is 5.00. The number of aromatic nitrogens is 6. The highest BCUT2D eigenvalue weighted by molar-refractivity contribution is 6.07. The van der Waals surface area contributed by atoms with E-state index in [0.717, 1.165) is 11.1 Å². The fourth-order valence-corrected chi connectivity index (χ4v) is 5.03. The maximum atomic E-state index is 13.1. The lowest BCUT2D eigenvalue weighted by molar-refractivity contribution is -0.120. The molecule has 6 rings (SSSR count). The van der Waals surface area contributed by atoms with E-state index in [9.17, 15) is 18.4 Å². The molecule has 4 aromatic rings. The molecule has 12 nitrogen and oxygen atoms in total. The molecule has 1 spiro atoms. The molecule has 3 aromatic heterocycles. The number of nitrogens with one attached hydrogen (secondary N) is 1. The zero-order valence-electron chi connectivity index (χ0n) is 22.5. The summed E-state index contributed by atoms with van der Waals surface area (Å²) >= 11 is 0. The highest BCUT2D eigenvalue weighted by Gasteiger charge is 2.52. The predicted molar refractivity (Wildman–Crippen MR) is 140 cm³/mol. The van der Waals surface area contributed by atoms with Gasteiger partial charge in [0.1, 0.15) is 11.3 Å². The van der Waals surface area contributed by atoms with Gasteiger partial charge in [0.25, 0.3) is 5.89 Å². The number of likely N-dealkylation sites (tertiary alicyclic amines) is 1. The van der Waals surface area contributed by atoms with Gasteiger partial charge in [-0.25, -0.2) is 9.48 Å². The lowest BCUT2D eigenvalue weighted by atomic mass is 9.80. The smallest absolute Gasteiger partial charge is 0.410 e. The van der Waals surface area contributed by atoms with Gasteiger partial charge in [-0.3, -0.25) is 9.78 Å². The van der Waals surface area contributed by atoms with Gasteiger partial charge >= 0.3 is 12.5 Å². The normalized spacial score (nSPS) is 18.3. The molecule has 1 N–H and O–H groups in total. The monoisotopic (exact) mass is 564 g/mol. The summed E-state index contributed by atoms with van der Waals surface area (Å²) in [5, 5.41) is 18.4. The minimum Gasteiger partial charge on any atom is -0.444 e. The second kappa shape index (κ2) is 9.71. The van der Waals surface area contributed by atoms with Crippen molar-refractivity contribution in [3.05, 3.63) is 59.9 Å². The lowest BCUT2D eigenvalue weighted by Gasteiger charge is -2.26. The van der Waals surface area contributed by atoms with Crippen LogP contribution in [0.1, 0.15) is 50.8 Å². The van der Waals surface area contributed by atoms with E-state index in [-0.39, 0.29) is 18.3 Å². The van der Waals surface area contributed by atoms with E-state index in [1.807, 2.05) is 39.0 Å². The molecule has 2 aliphatic rings. The number of hydrogen-bond donors (Lipinski definition) is 1. The summed E-state index contributed by atoms with van der Waals surface area (Å²) in [6, 6.07) is 8.97. The van der Waals surface area contributed by atoms with E-state index >= 15 is 0 Å². The van der Waals surface area contributed by atoms with Crippen LogP contribution in [0.4, 0.5) is 19.3 Å². The summed E-state index contributed by atoms with van der Waals surface area (Å²) in [6.07, 6.45) is 0.426. The second-order valence-corrected chi connectivity index (χ2v) is 11.0. The minimum atomic E-state index is -2.84. The van der Waals surface area contributed by atoms with E-state index in [1.165, 1.54) is 6.20 Å². The number of benzene rings is 1. The molecule has 0 aliphatic carbocycles. The zero-order chi connectivity index (χ0) is 28.9. The van der Waals surface area contributed by atoms with Crippen molar-refractivity contribution in [3.8, 4) is 22.7 Å². The summed E-state index contributed by atoms with van der Waals surface area (Å²) in [4.78, 5) is 31.7. The van der Waals surface area contributed by atoms with E-state index in [0.29, 0.717) is 42.1 Å². The summed E-state index contributed by atoms with van der Waals surface area (Å²) in [7, 11) is 0. The number of nitrogens with zero attached hydrogens (tertiary/aromatic N) is 7. The van der Waals surface area contributed by atoms with Gasteiger partial charge in [-0.1, -0.05) is 11.3 Å². The Kier molecular flexibility index (Phi) is 6.27. The van der Waals surface area contributed by atoms with Crippen LogP contribution in [-0.2, 0) is 21.5 Å². The van der Waals surface area contributed by atoms with Crippen molar-refractivity contribution in [1.82, 2.24) is 35.1 Å². The molecule has 14 heteroatoms. The first kappa shape index (κ1) is 26.5. The largest absolute Gasteiger partial charge is 0.444 e. The maximum absolute atomic E-state index is 13.1. The van der Waals surface area contributed by atoms with Gasteiger partial charge < -0.3 is 19.4 Å². The summed E-state index contributed by atoms with van der Waals surface area (Å²) in [5.41, 5.74) is 2.47. The van der Waals surface area contributed by atoms with E-state index < -0.39 is 29.4 Å². The van der Waals surface area contributed by atoms with Crippen molar-refractivity contribution in [2.75, 3.05) is 18.4 Å². The van der Waals surface area contributed by atoms with Gasteiger partial charge in [-0.2, -0.15) is 8.78 Å². The van der Waals surface area contributed by atoms with Gasteiger partial charge in [0.15, 0.2) is 0 Å². The lowest BCUT2D eigenvalue weighted by Crippen LogP contribution is -2.41. The first-order valence-corrected chi connectivity index (χ1v) is 12.9. The topological polar surface area (TPSA) is 141 Å². The quantitative estimate of drug-likeness (QED) is 0.377. The van der Waals surface area contributed by atoms with E-state index in [1.54, 1.807) is 27.9 Å². The van der Waals surface area contributed by atoms with Gasteiger partial charge in [-0.15, -0.1) is 15.3 Å². The van der Waals surface area contributed by atoms with Crippen LogP contribution in [0.3, 0.4) is 0 Å². The molecule has 5 heterocycles.